The van der Waals surface area contributed by atoms with E-state index in [0.717, 1.165) is 30.5 Å². The first-order valence-electron chi connectivity index (χ1n) is 10.9. The fourth-order valence-electron chi connectivity index (χ4n) is 3.02. The number of benzene rings is 1. The summed E-state index contributed by atoms with van der Waals surface area (Å²) < 4.78 is 0. The Kier molecular flexibility index (Phi) is 14.1. The number of rotatable bonds is 15. The minimum absolute atomic E-state index is 0.134. The molecule has 27 heavy (non-hydrogen) atoms. The number of carbonyl (C=O) groups excluding carboxylic acids is 1. The number of carbonyl (C=O) groups is 1. The van der Waals surface area contributed by atoms with Crippen LogP contribution in [0.5, 0.6) is 0 Å². The second-order valence-corrected chi connectivity index (χ2v) is 7.34. The van der Waals surface area contributed by atoms with Crippen molar-refractivity contribution in [1.82, 2.24) is 0 Å². The summed E-state index contributed by atoms with van der Waals surface area (Å²) >= 11 is 0. The van der Waals surface area contributed by atoms with Gasteiger partial charge in [-0.1, -0.05) is 81.5 Å². The first-order valence-corrected chi connectivity index (χ1v) is 10.9. The molecule has 0 saturated carbocycles. The highest BCUT2D eigenvalue weighted by atomic mass is 16.1. The smallest absolute Gasteiger partial charge is 0.224 e. The van der Waals surface area contributed by atoms with Gasteiger partial charge in [-0.15, -0.1) is 0 Å². The first-order chi connectivity index (χ1) is 13.2. The minimum atomic E-state index is 0.134. The van der Waals surface area contributed by atoms with E-state index in [1.54, 1.807) is 0 Å². The van der Waals surface area contributed by atoms with Crippen molar-refractivity contribution < 1.29 is 4.79 Å². The van der Waals surface area contributed by atoms with Gasteiger partial charge < -0.3 is 5.32 Å². The van der Waals surface area contributed by atoms with Gasteiger partial charge in [0.05, 0.1) is 0 Å². The van der Waals surface area contributed by atoms with Crippen molar-refractivity contribution in [2.24, 2.45) is 0 Å². The van der Waals surface area contributed by atoms with Gasteiger partial charge in [0.1, 0.15) is 0 Å². The maximum absolute atomic E-state index is 12.0. The molecule has 2 heteroatoms. The highest BCUT2D eigenvalue weighted by molar-refractivity contribution is 5.91. The predicted octanol–water partition coefficient (Wildman–Crippen LogP) is 7.75. The molecular weight excluding hydrogens is 330 g/mol. The summed E-state index contributed by atoms with van der Waals surface area (Å²) in [5.74, 6) is 0.134. The summed E-state index contributed by atoms with van der Waals surface area (Å²) in [6, 6.07) is 7.93. The van der Waals surface area contributed by atoms with Crippen LogP contribution >= 0.6 is 0 Å². The van der Waals surface area contributed by atoms with E-state index in [9.17, 15) is 4.79 Å². The summed E-state index contributed by atoms with van der Waals surface area (Å²) in [4.78, 5) is 12.0. The molecule has 0 aliphatic heterocycles. The van der Waals surface area contributed by atoms with Gasteiger partial charge in [0.25, 0.3) is 0 Å². The van der Waals surface area contributed by atoms with E-state index in [1.807, 2.05) is 31.2 Å². The Morgan fingerprint density at radius 1 is 0.852 bits per heavy atom. The number of nitrogens with one attached hydrogen (secondary N) is 1. The summed E-state index contributed by atoms with van der Waals surface area (Å²) in [5.41, 5.74) is 2.05. The lowest BCUT2D eigenvalue weighted by atomic mass is 10.1. The number of allylic oxidation sites excluding steroid dienone is 4. The van der Waals surface area contributed by atoms with Crippen LogP contribution in [-0.2, 0) is 4.79 Å². The lowest BCUT2D eigenvalue weighted by Gasteiger charge is -2.07. The van der Waals surface area contributed by atoms with Gasteiger partial charge in [0.2, 0.25) is 5.91 Å². The van der Waals surface area contributed by atoms with Crippen LogP contribution in [0.2, 0.25) is 0 Å². The molecule has 0 saturated heterocycles. The molecule has 1 aromatic rings. The quantitative estimate of drug-likeness (QED) is 0.248. The average molecular weight is 370 g/mol. The Morgan fingerprint density at radius 3 is 2.19 bits per heavy atom. The molecule has 1 rings (SSSR count). The molecule has 0 atom stereocenters. The maximum atomic E-state index is 12.0. The van der Waals surface area contributed by atoms with Crippen molar-refractivity contribution >= 4 is 11.6 Å². The van der Waals surface area contributed by atoms with Crippen molar-refractivity contribution in [3.8, 4) is 0 Å². The molecule has 0 radical (unpaired) electrons. The monoisotopic (exact) mass is 369 g/mol. The van der Waals surface area contributed by atoms with Gasteiger partial charge in [-0.05, 0) is 57.1 Å². The van der Waals surface area contributed by atoms with Crippen molar-refractivity contribution in [3.05, 3.63) is 54.1 Å². The number of hydrogen-bond acceptors (Lipinski definition) is 1. The number of para-hydroxylation sites is 1. The molecule has 2 nitrogen and oxygen atoms in total. The number of hydrogen-bond donors (Lipinski definition) is 1. The topological polar surface area (TPSA) is 29.1 Å². The fourth-order valence-corrected chi connectivity index (χ4v) is 3.02. The molecule has 0 fully saturated rings. The zero-order valence-electron chi connectivity index (χ0n) is 17.5. The molecule has 0 unspecified atom stereocenters. The van der Waals surface area contributed by atoms with Crippen LogP contribution in [0, 0.1) is 6.92 Å². The van der Waals surface area contributed by atoms with E-state index in [-0.39, 0.29) is 5.91 Å². The molecule has 0 aromatic heterocycles. The summed E-state index contributed by atoms with van der Waals surface area (Å²) in [6.45, 7) is 4.27. The lowest BCUT2D eigenvalue weighted by Crippen LogP contribution is -2.11. The molecule has 150 valence electrons. The number of unbranched alkanes of at least 4 members (excludes halogenated alkanes) is 8. The van der Waals surface area contributed by atoms with Crippen molar-refractivity contribution in [2.75, 3.05) is 5.32 Å². The minimum Gasteiger partial charge on any atom is -0.326 e. The molecule has 1 N–H and O–H groups in total. The van der Waals surface area contributed by atoms with Gasteiger partial charge in [-0.2, -0.15) is 0 Å². The molecule has 0 aliphatic rings. The molecule has 1 aromatic carbocycles. The Hall–Kier alpha value is -1.83. The van der Waals surface area contributed by atoms with E-state index in [4.69, 9.17) is 0 Å². The average Bonchev–Trinajstić information content (AvgIpc) is 2.66. The molecule has 0 heterocycles. The SMILES string of the molecule is CCCCC/C=C\C/C=C\CCCCCCCC(=O)Nc1ccccc1C. The summed E-state index contributed by atoms with van der Waals surface area (Å²) in [6.07, 6.45) is 23.1. The van der Waals surface area contributed by atoms with Crippen molar-refractivity contribution in [2.45, 2.75) is 90.9 Å². The van der Waals surface area contributed by atoms with Crippen LogP contribution in [-0.4, -0.2) is 5.91 Å². The van der Waals surface area contributed by atoms with Gasteiger partial charge >= 0.3 is 0 Å². The fraction of sp³-hybridized carbons (Fsp3) is 0.560. The van der Waals surface area contributed by atoms with Gasteiger partial charge in [0.15, 0.2) is 0 Å². The standard InChI is InChI=1S/C25H39NO/c1-3-4-5-6-7-8-9-10-11-12-13-14-15-16-17-22-25(27)26-24-21-19-18-20-23(24)2/h7-8,10-11,18-21H,3-6,9,12-17,22H2,1-2H3,(H,26,27)/b8-7-,11-10-. The largest absolute Gasteiger partial charge is 0.326 e. The second kappa shape index (κ2) is 16.4. The second-order valence-electron chi connectivity index (χ2n) is 7.34. The summed E-state index contributed by atoms with van der Waals surface area (Å²) in [7, 11) is 0. The summed E-state index contributed by atoms with van der Waals surface area (Å²) in [5, 5.41) is 3.01. The highest BCUT2D eigenvalue weighted by Gasteiger charge is 2.03. The lowest BCUT2D eigenvalue weighted by molar-refractivity contribution is -0.116. The van der Waals surface area contributed by atoms with Crippen molar-refractivity contribution in [1.29, 1.82) is 0 Å². The van der Waals surface area contributed by atoms with Gasteiger partial charge in [-0.3, -0.25) is 4.79 Å². The third-order valence-electron chi connectivity index (χ3n) is 4.77. The van der Waals surface area contributed by atoms with Crippen LogP contribution < -0.4 is 5.32 Å². The molecule has 0 aliphatic carbocycles. The predicted molar refractivity (Wildman–Crippen MR) is 119 cm³/mol. The normalized spacial score (nSPS) is 11.5. The van der Waals surface area contributed by atoms with Crippen LogP contribution in [0.15, 0.2) is 48.6 Å². The van der Waals surface area contributed by atoms with Crippen LogP contribution in [0.4, 0.5) is 5.69 Å². The zero-order chi connectivity index (χ0) is 19.6. The van der Waals surface area contributed by atoms with Gasteiger partial charge in [-0.25, -0.2) is 0 Å². The first kappa shape index (κ1) is 23.2. The Balaban J connectivity index is 1.92. The third kappa shape index (κ3) is 13.1. The Morgan fingerprint density at radius 2 is 1.48 bits per heavy atom. The van der Waals surface area contributed by atoms with E-state index in [1.165, 1.54) is 51.4 Å². The molecule has 1 amide bonds. The highest BCUT2D eigenvalue weighted by Crippen LogP contribution is 2.14. The van der Waals surface area contributed by atoms with Crippen LogP contribution in [0.1, 0.15) is 89.5 Å². The zero-order valence-corrected chi connectivity index (χ0v) is 17.5. The van der Waals surface area contributed by atoms with Crippen LogP contribution in [0.25, 0.3) is 0 Å². The molecule has 0 spiro atoms. The molecular formula is C25H39NO. The van der Waals surface area contributed by atoms with Crippen molar-refractivity contribution in [3.63, 3.8) is 0 Å². The van der Waals surface area contributed by atoms with E-state index in [2.05, 4.69) is 36.5 Å². The third-order valence-corrected chi connectivity index (χ3v) is 4.77. The van der Waals surface area contributed by atoms with Crippen LogP contribution in [0.3, 0.4) is 0 Å². The van der Waals surface area contributed by atoms with E-state index < -0.39 is 0 Å². The van der Waals surface area contributed by atoms with Gasteiger partial charge in [0, 0.05) is 12.1 Å². The Bertz CT molecular complexity index is 559. The number of anilines is 1. The maximum Gasteiger partial charge on any atom is 0.224 e. The van der Waals surface area contributed by atoms with E-state index >= 15 is 0 Å². The number of aryl methyl sites for hydroxylation is 1. The number of amides is 1. The molecule has 0 bridgehead atoms. The Labute approximate surface area is 167 Å². The van der Waals surface area contributed by atoms with E-state index in [0.29, 0.717) is 6.42 Å².